The highest BCUT2D eigenvalue weighted by atomic mass is 19.3. The molecule has 6 nitrogen and oxygen atoms in total. The van der Waals surface area contributed by atoms with Crippen molar-refractivity contribution in [3.63, 3.8) is 0 Å². The number of ether oxygens (including phenoxy) is 1. The maximum absolute atomic E-state index is 12.5. The van der Waals surface area contributed by atoms with Crippen LogP contribution in [0, 0.1) is 19.3 Å². The van der Waals surface area contributed by atoms with Crippen LogP contribution in [0.3, 0.4) is 0 Å². The van der Waals surface area contributed by atoms with Crippen molar-refractivity contribution in [1.82, 2.24) is 19.9 Å². The molecule has 0 atom stereocenters. The third-order valence-corrected chi connectivity index (χ3v) is 8.02. The Morgan fingerprint density at radius 3 is 2.40 bits per heavy atom. The number of imidazole rings is 1. The van der Waals surface area contributed by atoms with Crippen LogP contribution >= 0.6 is 0 Å². The third kappa shape index (κ3) is 4.84. The molecule has 2 aromatic heterocycles. The molecule has 1 aliphatic heterocycles. The van der Waals surface area contributed by atoms with E-state index < -0.39 is 6.61 Å². The molecule has 1 N–H and O–H groups in total. The van der Waals surface area contributed by atoms with E-state index in [0.717, 1.165) is 83.3 Å². The lowest BCUT2D eigenvalue weighted by molar-refractivity contribution is -0.0498. The van der Waals surface area contributed by atoms with E-state index in [1.807, 2.05) is 19.1 Å². The van der Waals surface area contributed by atoms with Crippen LogP contribution in [0.4, 0.5) is 14.6 Å². The molecule has 0 saturated carbocycles. The number of terminal acetylenes is 1. The molecule has 0 radical (unpaired) electrons. The molecule has 40 heavy (non-hydrogen) atoms. The summed E-state index contributed by atoms with van der Waals surface area (Å²) in [6, 6.07) is 14.7. The minimum absolute atomic E-state index is 0.131. The Hall–Kier alpha value is -4.51. The molecule has 0 bridgehead atoms. The van der Waals surface area contributed by atoms with E-state index in [0.29, 0.717) is 0 Å². The van der Waals surface area contributed by atoms with E-state index in [4.69, 9.17) is 16.4 Å². The number of fused-ring (bicyclic) bond motifs is 1. The van der Waals surface area contributed by atoms with Crippen LogP contribution < -0.4 is 9.64 Å². The summed E-state index contributed by atoms with van der Waals surface area (Å²) in [5, 5.41) is 0. The topological polar surface area (TPSA) is 66.9 Å². The van der Waals surface area contributed by atoms with E-state index >= 15 is 0 Å². The number of benzene rings is 2. The third-order valence-electron chi connectivity index (χ3n) is 8.02. The lowest BCUT2D eigenvalue weighted by atomic mass is 9.79. The van der Waals surface area contributed by atoms with Gasteiger partial charge in [0.25, 0.3) is 0 Å². The van der Waals surface area contributed by atoms with Crippen molar-refractivity contribution in [2.24, 2.45) is 0 Å². The Bertz CT molecular complexity index is 1610. The van der Waals surface area contributed by atoms with Gasteiger partial charge in [0.05, 0.1) is 11.4 Å². The number of rotatable bonds is 6. The molecule has 0 spiro atoms. The van der Waals surface area contributed by atoms with Crippen molar-refractivity contribution in [2.75, 3.05) is 18.0 Å². The number of alkyl halides is 2. The Balaban J connectivity index is 1.18. The smallest absolute Gasteiger partial charge is 0.387 e. The molecule has 3 heterocycles. The number of hydrogen-bond acceptors (Lipinski definition) is 5. The summed E-state index contributed by atoms with van der Waals surface area (Å²) >= 11 is 0. The van der Waals surface area contributed by atoms with Crippen LogP contribution in [0.15, 0.2) is 54.9 Å². The van der Waals surface area contributed by atoms with Crippen LogP contribution in [0.1, 0.15) is 53.7 Å². The minimum Gasteiger partial charge on any atom is -0.435 e. The summed E-state index contributed by atoms with van der Waals surface area (Å²) in [5.41, 5.74) is 7.87. The van der Waals surface area contributed by atoms with Gasteiger partial charge in [0.15, 0.2) is 0 Å². The largest absolute Gasteiger partial charge is 0.435 e. The summed E-state index contributed by atoms with van der Waals surface area (Å²) in [5.74, 6) is 4.72. The quantitative estimate of drug-likeness (QED) is 0.288. The first kappa shape index (κ1) is 25.8. The molecule has 0 amide bonds. The standard InChI is InChI=1S/C32H29F2N5O/c1-4-21-5-7-22(8-6-21)24-17-26-27(18-24)35-19-36-29(26)39-15-13-32(3,14-16-39)30-37-20(2)28(38-30)23-9-11-25(12-10-23)40-31(33)34/h1,5-12,17,19,31H,13-16,18H2,2-3H3,(H,37,38). The highest BCUT2D eigenvalue weighted by molar-refractivity contribution is 5.91. The first-order valence-corrected chi connectivity index (χ1v) is 13.3. The van der Waals surface area contributed by atoms with E-state index in [1.54, 1.807) is 30.6 Å². The molecule has 1 fully saturated rings. The Kier molecular flexibility index (Phi) is 6.59. The number of nitrogens with one attached hydrogen (secondary N) is 1. The average Bonchev–Trinajstić information content (AvgIpc) is 3.58. The number of piperidine rings is 1. The molecule has 1 aliphatic carbocycles. The van der Waals surface area contributed by atoms with E-state index in [9.17, 15) is 8.78 Å². The second kappa shape index (κ2) is 10.2. The molecule has 2 aromatic carbocycles. The van der Waals surface area contributed by atoms with Crippen LogP contribution in [-0.4, -0.2) is 39.6 Å². The molecular weight excluding hydrogens is 508 g/mol. The number of H-pyrrole nitrogens is 1. The summed E-state index contributed by atoms with van der Waals surface area (Å²) in [4.78, 5) is 20.1. The Morgan fingerprint density at radius 2 is 1.73 bits per heavy atom. The predicted octanol–water partition coefficient (Wildman–Crippen LogP) is 6.41. The molecule has 1 saturated heterocycles. The minimum atomic E-state index is -2.84. The SMILES string of the molecule is C#Cc1ccc(C2=Cc3c(ncnc3N3CCC(C)(c4nc(-c5ccc(OC(F)F)cc5)c(C)[nH]4)CC3)C2)cc1. The molecule has 2 aliphatic rings. The average molecular weight is 538 g/mol. The van der Waals surface area contributed by atoms with Crippen LogP contribution in [0.2, 0.25) is 0 Å². The van der Waals surface area contributed by atoms with Crippen LogP contribution in [0.5, 0.6) is 5.75 Å². The highest BCUT2D eigenvalue weighted by Crippen LogP contribution is 2.40. The first-order valence-electron chi connectivity index (χ1n) is 13.3. The Morgan fingerprint density at radius 1 is 1.02 bits per heavy atom. The van der Waals surface area contributed by atoms with E-state index in [2.05, 4.69) is 50.7 Å². The number of aryl methyl sites for hydroxylation is 1. The van der Waals surface area contributed by atoms with E-state index in [-0.39, 0.29) is 11.2 Å². The van der Waals surface area contributed by atoms with Gasteiger partial charge in [-0.15, -0.1) is 6.42 Å². The monoisotopic (exact) mass is 537 g/mol. The zero-order valence-electron chi connectivity index (χ0n) is 22.4. The van der Waals surface area contributed by atoms with Crippen molar-refractivity contribution in [1.29, 1.82) is 0 Å². The summed E-state index contributed by atoms with van der Waals surface area (Å²) in [6.07, 6.45) is 12.0. The molecule has 6 rings (SSSR count). The maximum Gasteiger partial charge on any atom is 0.387 e. The molecule has 4 aromatic rings. The number of hydrogen-bond donors (Lipinski definition) is 1. The van der Waals surface area contributed by atoms with Gasteiger partial charge in [0.2, 0.25) is 0 Å². The van der Waals surface area contributed by atoms with Gasteiger partial charge >= 0.3 is 6.61 Å². The van der Waals surface area contributed by atoms with Gasteiger partial charge in [-0.1, -0.05) is 25.0 Å². The van der Waals surface area contributed by atoms with Gasteiger partial charge in [-0.25, -0.2) is 15.0 Å². The number of nitrogens with zero attached hydrogens (tertiary/aromatic N) is 4. The van der Waals surface area contributed by atoms with Crippen molar-refractivity contribution in [3.05, 3.63) is 88.8 Å². The van der Waals surface area contributed by atoms with E-state index in [1.165, 1.54) is 5.57 Å². The fraction of sp³-hybridized carbons (Fsp3) is 0.281. The second-order valence-corrected chi connectivity index (χ2v) is 10.6. The maximum atomic E-state index is 12.5. The molecule has 202 valence electrons. The van der Waals surface area contributed by atoms with Crippen molar-refractivity contribution in [3.8, 4) is 29.4 Å². The fourth-order valence-electron chi connectivity index (χ4n) is 5.60. The predicted molar refractivity (Wildman–Crippen MR) is 152 cm³/mol. The molecular formula is C32H29F2N5O. The van der Waals surface area contributed by atoms with Crippen molar-refractivity contribution < 1.29 is 13.5 Å². The van der Waals surface area contributed by atoms with Crippen molar-refractivity contribution in [2.45, 2.75) is 45.1 Å². The van der Waals surface area contributed by atoms with Crippen LogP contribution in [-0.2, 0) is 11.8 Å². The van der Waals surface area contributed by atoms with Gasteiger partial charge < -0.3 is 14.6 Å². The molecule has 0 unspecified atom stereocenters. The summed E-state index contributed by atoms with van der Waals surface area (Å²) in [6.45, 7) is 3.07. The molecule has 8 heteroatoms. The zero-order chi connectivity index (χ0) is 27.9. The number of anilines is 1. The van der Waals surface area contributed by atoms with Gasteiger partial charge in [0.1, 0.15) is 23.7 Å². The summed E-state index contributed by atoms with van der Waals surface area (Å²) in [7, 11) is 0. The lowest BCUT2D eigenvalue weighted by Crippen LogP contribution is -2.42. The number of allylic oxidation sites excluding steroid dienone is 1. The number of halogens is 2. The second-order valence-electron chi connectivity index (χ2n) is 10.6. The van der Waals surface area contributed by atoms with Crippen LogP contribution in [0.25, 0.3) is 22.9 Å². The first-order chi connectivity index (χ1) is 19.3. The van der Waals surface area contributed by atoms with Crippen molar-refractivity contribution >= 4 is 17.5 Å². The fourth-order valence-corrected chi connectivity index (χ4v) is 5.60. The van der Waals surface area contributed by atoms with Gasteiger partial charge in [-0.05, 0) is 73.4 Å². The lowest BCUT2D eigenvalue weighted by Gasteiger charge is -2.39. The van der Waals surface area contributed by atoms with Gasteiger partial charge in [-0.2, -0.15) is 8.78 Å². The Labute approximate surface area is 232 Å². The zero-order valence-corrected chi connectivity index (χ0v) is 22.4. The summed E-state index contributed by atoms with van der Waals surface area (Å²) < 4.78 is 29.5. The normalized spacial score (nSPS) is 16.0. The highest BCUT2D eigenvalue weighted by Gasteiger charge is 2.36. The number of aromatic nitrogens is 4. The van der Waals surface area contributed by atoms with Gasteiger partial charge in [0, 0.05) is 47.3 Å². The number of aromatic amines is 1. The van der Waals surface area contributed by atoms with Gasteiger partial charge in [-0.3, -0.25) is 0 Å².